The van der Waals surface area contributed by atoms with Gasteiger partial charge in [0.1, 0.15) is 0 Å². The normalized spacial score (nSPS) is 49.3. The highest BCUT2D eigenvalue weighted by Gasteiger charge is 2.34. The van der Waals surface area contributed by atoms with E-state index in [4.69, 9.17) is 0 Å². The van der Waals surface area contributed by atoms with Crippen molar-refractivity contribution in [1.82, 2.24) is 0 Å². The van der Waals surface area contributed by atoms with E-state index in [1.807, 2.05) is 0 Å². The smallest absolute Gasteiger partial charge is 0.0276 e. The molecule has 0 saturated heterocycles. The molecule has 0 radical (unpaired) electrons. The largest absolute Gasteiger partial charge is 0.0880 e. The molecule has 0 bridgehead atoms. The fraction of sp³-hybridized carbons (Fsp3) is 0.778. The number of hydrogen-bond donors (Lipinski definition) is 0. The minimum Gasteiger partial charge on any atom is -0.0880 e. The van der Waals surface area contributed by atoms with E-state index in [-0.39, 0.29) is 0 Å². The first kappa shape index (κ1) is 8.31. The Morgan fingerprint density at radius 2 is 1.82 bits per heavy atom. The van der Waals surface area contributed by atoms with Gasteiger partial charge in [0.25, 0.3) is 0 Å². The Hall–Kier alpha value is 0.700. The van der Waals surface area contributed by atoms with Crippen LogP contribution in [0, 0.1) is 11.8 Å². The molecule has 1 saturated carbocycles. The van der Waals surface area contributed by atoms with Crippen LogP contribution in [0.25, 0.3) is 0 Å². The molecule has 0 nitrogen and oxygen atoms in total. The fourth-order valence-electron chi connectivity index (χ4n) is 2.15. The summed E-state index contributed by atoms with van der Waals surface area (Å²) >= 11 is 7.42. The second-order valence-electron chi connectivity index (χ2n) is 3.59. The molecular formula is C9H12Br2. The SMILES string of the molecule is BrC1CC2C=CCC2CC1Br. The summed E-state index contributed by atoms with van der Waals surface area (Å²) in [7, 11) is 0. The Kier molecular flexibility index (Phi) is 2.43. The third-order valence-corrected chi connectivity index (χ3v) is 5.58. The zero-order chi connectivity index (χ0) is 7.84. The van der Waals surface area contributed by atoms with E-state index in [2.05, 4.69) is 44.0 Å². The van der Waals surface area contributed by atoms with Crippen LogP contribution in [0.3, 0.4) is 0 Å². The lowest BCUT2D eigenvalue weighted by atomic mass is 9.81. The summed E-state index contributed by atoms with van der Waals surface area (Å²) in [5, 5.41) is 0. The predicted molar refractivity (Wildman–Crippen MR) is 55.4 cm³/mol. The predicted octanol–water partition coefficient (Wildman–Crippen LogP) is 3.50. The lowest BCUT2D eigenvalue weighted by Gasteiger charge is -2.32. The number of rotatable bonds is 0. The molecule has 4 unspecified atom stereocenters. The summed E-state index contributed by atoms with van der Waals surface area (Å²) in [4.78, 5) is 1.38. The maximum absolute atomic E-state index is 3.72. The number of alkyl halides is 2. The zero-order valence-corrected chi connectivity index (χ0v) is 9.51. The van der Waals surface area contributed by atoms with Gasteiger partial charge in [0.05, 0.1) is 0 Å². The van der Waals surface area contributed by atoms with Crippen molar-refractivity contribution in [3.05, 3.63) is 12.2 Å². The molecule has 0 aromatic heterocycles. The Balaban J connectivity index is 2.04. The van der Waals surface area contributed by atoms with E-state index in [1.54, 1.807) is 0 Å². The molecule has 11 heavy (non-hydrogen) atoms. The van der Waals surface area contributed by atoms with Crippen LogP contribution in [0.5, 0.6) is 0 Å². The van der Waals surface area contributed by atoms with Gasteiger partial charge >= 0.3 is 0 Å². The molecule has 1 fully saturated rings. The third kappa shape index (κ3) is 1.57. The molecule has 4 atom stereocenters. The van der Waals surface area contributed by atoms with E-state index < -0.39 is 0 Å². The number of hydrogen-bond acceptors (Lipinski definition) is 0. The molecule has 0 aromatic carbocycles. The lowest BCUT2D eigenvalue weighted by molar-refractivity contribution is 0.322. The number of allylic oxidation sites excluding steroid dienone is 2. The van der Waals surface area contributed by atoms with E-state index in [9.17, 15) is 0 Å². The van der Waals surface area contributed by atoms with Crippen LogP contribution in [0.15, 0.2) is 12.2 Å². The van der Waals surface area contributed by atoms with Crippen molar-refractivity contribution < 1.29 is 0 Å². The first-order valence-electron chi connectivity index (χ1n) is 4.22. The molecule has 0 spiro atoms. The fourth-order valence-corrected chi connectivity index (χ4v) is 3.49. The summed E-state index contributed by atoms with van der Waals surface area (Å²) in [5.41, 5.74) is 0. The summed E-state index contributed by atoms with van der Waals surface area (Å²) in [6, 6.07) is 0. The lowest BCUT2D eigenvalue weighted by Crippen LogP contribution is -2.29. The van der Waals surface area contributed by atoms with Crippen molar-refractivity contribution in [2.24, 2.45) is 11.8 Å². The maximum atomic E-state index is 3.72. The van der Waals surface area contributed by atoms with Crippen LogP contribution in [0.1, 0.15) is 19.3 Å². The van der Waals surface area contributed by atoms with Gasteiger partial charge in [-0.15, -0.1) is 0 Å². The molecule has 0 aliphatic heterocycles. The van der Waals surface area contributed by atoms with Crippen LogP contribution in [0.4, 0.5) is 0 Å². The number of fused-ring (bicyclic) bond motifs is 1. The van der Waals surface area contributed by atoms with E-state index in [0.717, 1.165) is 11.8 Å². The van der Waals surface area contributed by atoms with Crippen molar-refractivity contribution in [1.29, 1.82) is 0 Å². The minimum absolute atomic E-state index is 0.687. The first-order chi connectivity index (χ1) is 5.27. The second kappa shape index (κ2) is 3.21. The molecular weight excluding hydrogens is 268 g/mol. The molecule has 0 N–H and O–H groups in total. The van der Waals surface area contributed by atoms with Crippen molar-refractivity contribution in [2.75, 3.05) is 0 Å². The minimum atomic E-state index is 0.687. The Bertz CT molecular complexity index is 176. The quantitative estimate of drug-likeness (QED) is 0.470. The topological polar surface area (TPSA) is 0 Å². The summed E-state index contributed by atoms with van der Waals surface area (Å²) in [5.74, 6) is 1.81. The monoisotopic (exact) mass is 278 g/mol. The van der Waals surface area contributed by atoms with Gasteiger partial charge in [0, 0.05) is 9.65 Å². The van der Waals surface area contributed by atoms with Gasteiger partial charge in [-0.3, -0.25) is 0 Å². The van der Waals surface area contributed by atoms with Crippen molar-refractivity contribution in [2.45, 2.75) is 28.9 Å². The molecule has 2 rings (SSSR count). The van der Waals surface area contributed by atoms with E-state index in [0.29, 0.717) is 9.65 Å². The summed E-state index contributed by atoms with van der Waals surface area (Å²) < 4.78 is 0. The van der Waals surface area contributed by atoms with Gasteiger partial charge in [0.15, 0.2) is 0 Å². The van der Waals surface area contributed by atoms with Gasteiger partial charge in [-0.05, 0) is 31.1 Å². The van der Waals surface area contributed by atoms with Gasteiger partial charge in [0.2, 0.25) is 0 Å². The summed E-state index contributed by atoms with van der Waals surface area (Å²) in [6.45, 7) is 0. The van der Waals surface area contributed by atoms with Crippen LogP contribution >= 0.6 is 31.9 Å². The average Bonchev–Trinajstić information content (AvgIpc) is 2.36. The standard InChI is InChI=1S/C9H12Br2/c10-8-4-6-2-1-3-7(6)5-9(8)11/h1-2,6-9H,3-5H2. The van der Waals surface area contributed by atoms with E-state index >= 15 is 0 Å². The van der Waals surface area contributed by atoms with Crippen LogP contribution < -0.4 is 0 Å². The average molecular weight is 280 g/mol. The highest BCUT2D eigenvalue weighted by Crippen LogP contribution is 2.42. The maximum Gasteiger partial charge on any atom is 0.0276 e. The number of halogens is 2. The summed E-state index contributed by atoms with van der Waals surface area (Å²) in [6.07, 6.45) is 8.72. The zero-order valence-electron chi connectivity index (χ0n) is 6.34. The van der Waals surface area contributed by atoms with Gasteiger partial charge in [-0.2, -0.15) is 0 Å². The Labute approximate surface area is 84.7 Å². The van der Waals surface area contributed by atoms with Crippen molar-refractivity contribution in [3.8, 4) is 0 Å². The molecule has 2 aliphatic rings. The van der Waals surface area contributed by atoms with Gasteiger partial charge < -0.3 is 0 Å². The molecule has 2 aliphatic carbocycles. The third-order valence-electron chi connectivity index (χ3n) is 2.85. The first-order valence-corrected chi connectivity index (χ1v) is 6.05. The molecule has 0 heterocycles. The van der Waals surface area contributed by atoms with Crippen LogP contribution in [-0.2, 0) is 0 Å². The van der Waals surface area contributed by atoms with Crippen molar-refractivity contribution >= 4 is 31.9 Å². The van der Waals surface area contributed by atoms with E-state index in [1.165, 1.54) is 19.3 Å². The van der Waals surface area contributed by atoms with Crippen LogP contribution in [-0.4, -0.2) is 9.65 Å². The molecule has 0 aromatic rings. The van der Waals surface area contributed by atoms with Crippen molar-refractivity contribution in [3.63, 3.8) is 0 Å². The molecule has 2 heteroatoms. The van der Waals surface area contributed by atoms with Gasteiger partial charge in [-0.25, -0.2) is 0 Å². The highest BCUT2D eigenvalue weighted by molar-refractivity contribution is 9.12. The van der Waals surface area contributed by atoms with Gasteiger partial charge in [-0.1, -0.05) is 44.0 Å². The van der Waals surface area contributed by atoms with Crippen LogP contribution in [0.2, 0.25) is 0 Å². The molecule has 0 amide bonds. The Morgan fingerprint density at radius 3 is 2.64 bits per heavy atom. The molecule has 62 valence electrons. The second-order valence-corrected chi connectivity index (χ2v) is 5.94. The Morgan fingerprint density at radius 1 is 1.09 bits per heavy atom. The highest BCUT2D eigenvalue weighted by atomic mass is 79.9.